The van der Waals surface area contributed by atoms with Crippen LogP contribution < -0.4 is 14.8 Å². The van der Waals surface area contributed by atoms with Crippen LogP contribution in [0.15, 0.2) is 18.2 Å². The molecule has 0 radical (unpaired) electrons. The van der Waals surface area contributed by atoms with E-state index < -0.39 is 0 Å². The molecule has 1 rings (SSSR count). The third-order valence-electron chi connectivity index (χ3n) is 2.74. The summed E-state index contributed by atoms with van der Waals surface area (Å²) in [5, 5.41) is 2.87. The van der Waals surface area contributed by atoms with Crippen molar-refractivity contribution in [1.29, 1.82) is 0 Å². The normalized spacial score (nSPS) is 10.1. The molecule has 0 aliphatic rings. The molecule has 4 nitrogen and oxygen atoms in total. The van der Waals surface area contributed by atoms with Crippen LogP contribution in [0.25, 0.3) is 0 Å². The topological polar surface area (TPSA) is 47.6 Å². The SMILES string of the molecule is COc1cccc(C(=O)NCCCCCCl)c1OC. The second kappa shape index (κ2) is 8.64. The average Bonchev–Trinajstić information content (AvgIpc) is 2.45. The van der Waals surface area contributed by atoms with Crippen molar-refractivity contribution in [1.82, 2.24) is 5.32 Å². The fourth-order valence-electron chi connectivity index (χ4n) is 1.76. The summed E-state index contributed by atoms with van der Waals surface area (Å²) in [6.07, 6.45) is 2.91. The lowest BCUT2D eigenvalue weighted by Crippen LogP contribution is -2.25. The number of methoxy groups -OCH3 is 2. The molecular weight excluding hydrogens is 266 g/mol. The number of carbonyl (C=O) groups excluding carboxylic acids is 1. The number of carbonyl (C=O) groups is 1. The molecule has 1 N–H and O–H groups in total. The Bertz CT molecular complexity index is 410. The van der Waals surface area contributed by atoms with Gasteiger partial charge in [-0.05, 0) is 25.0 Å². The summed E-state index contributed by atoms with van der Waals surface area (Å²) in [5.41, 5.74) is 0.485. The molecule has 19 heavy (non-hydrogen) atoms. The number of unbranched alkanes of at least 4 members (excludes halogenated alkanes) is 2. The van der Waals surface area contributed by atoms with Crippen molar-refractivity contribution in [2.45, 2.75) is 19.3 Å². The summed E-state index contributed by atoms with van der Waals surface area (Å²) >= 11 is 5.59. The third kappa shape index (κ3) is 4.63. The van der Waals surface area contributed by atoms with Gasteiger partial charge in [-0.1, -0.05) is 12.5 Å². The number of hydrogen-bond donors (Lipinski definition) is 1. The number of alkyl halides is 1. The number of rotatable bonds is 8. The van der Waals surface area contributed by atoms with Crippen LogP contribution in [-0.4, -0.2) is 32.6 Å². The molecule has 1 aromatic carbocycles. The van der Waals surface area contributed by atoms with Crippen molar-refractivity contribution < 1.29 is 14.3 Å². The minimum atomic E-state index is -0.151. The summed E-state index contributed by atoms with van der Waals surface area (Å²) in [4.78, 5) is 12.1. The van der Waals surface area contributed by atoms with Gasteiger partial charge >= 0.3 is 0 Å². The average molecular weight is 286 g/mol. The molecule has 0 atom stereocenters. The zero-order chi connectivity index (χ0) is 14.1. The molecule has 0 fully saturated rings. The second-order valence-electron chi connectivity index (χ2n) is 4.05. The van der Waals surface area contributed by atoms with Crippen LogP contribution in [0.3, 0.4) is 0 Å². The van der Waals surface area contributed by atoms with E-state index in [4.69, 9.17) is 21.1 Å². The van der Waals surface area contributed by atoms with Crippen molar-refractivity contribution in [2.24, 2.45) is 0 Å². The smallest absolute Gasteiger partial charge is 0.255 e. The molecule has 0 aliphatic carbocycles. The number of benzene rings is 1. The highest BCUT2D eigenvalue weighted by molar-refractivity contribution is 6.17. The van der Waals surface area contributed by atoms with E-state index in [0.29, 0.717) is 29.5 Å². The lowest BCUT2D eigenvalue weighted by atomic mass is 10.1. The van der Waals surface area contributed by atoms with Crippen LogP contribution in [-0.2, 0) is 0 Å². The summed E-state index contributed by atoms with van der Waals surface area (Å²) in [7, 11) is 3.07. The highest BCUT2D eigenvalue weighted by atomic mass is 35.5. The molecule has 0 unspecified atom stereocenters. The van der Waals surface area contributed by atoms with Crippen molar-refractivity contribution in [3.8, 4) is 11.5 Å². The molecule has 106 valence electrons. The Labute approximate surface area is 119 Å². The van der Waals surface area contributed by atoms with E-state index >= 15 is 0 Å². The molecule has 1 amide bonds. The lowest BCUT2D eigenvalue weighted by molar-refractivity contribution is 0.0949. The maximum absolute atomic E-state index is 12.1. The number of para-hydroxylation sites is 1. The molecule has 0 aromatic heterocycles. The van der Waals surface area contributed by atoms with Gasteiger partial charge in [-0.25, -0.2) is 0 Å². The molecule has 1 aromatic rings. The van der Waals surface area contributed by atoms with Crippen LogP contribution >= 0.6 is 11.6 Å². The first kappa shape index (κ1) is 15.6. The highest BCUT2D eigenvalue weighted by Gasteiger charge is 2.15. The van der Waals surface area contributed by atoms with Gasteiger partial charge in [0.05, 0.1) is 19.8 Å². The minimum Gasteiger partial charge on any atom is -0.493 e. The molecule has 0 saturated carbocycles. The Morgan fingerprint density at radius 3 is 2.63 bits per heavy atom. The standard InChI is InChI=1S/C14H20ClNO3/c1-18-12-8-6-7-11(13(12)19-2)14(17)16-10-5-3-4-9-15/h6-8H,3-5,9-10H2,1-2H3,(H,16,17). The van der Waals surface area contributed by atoms with E-state index in [-0.39, 0.29) is 5.91 Å². The Balaban J connectivity index is 2.61. The van der Waals surface area contributed by atoms with Crippen molar-refractivity contribution in [3.05, 3.63) is 23.8 Å². The first-order valence-electron chi connectivity index (χ1n) is 6.29. The predicted molar refractivity (Wildman–Crippen MR) is 76.5 cm³/mol. The van der Waals surface area contributed by atoms with Gasteiger partial charge in [0, 0.05) is 12.4 Å². The number of hydrogen-bond acceptors (Lipinski definition) is 3. The van der Waals surface area contributed by atoms with Crippen LogP contribution in [0.5, 0.6) is 11.5 Å². The number of halogens is 1. The van der Waals surface area contributed by atoms with Crippen LogP contribution in [0, 0.1) is 0 Å². The van der Waals surface area contributed by atoms with Gasteiger partial charge in [0.1, 0.15) is 0 Å². The van der Waals surface area contributed by atoms with Gasteiger partial charge in [-0.15, -0.1) is 11.6 Å². The van der Waals surface area contributed by atoms with Crippen molar-refractivity contribution >= 4 is 17.5 Å². The van der Waals surface area contributed by atoms with Gasteiger partial charge < -0.3 is 14.8 Å². The van der Waals surface area contributed by atoms with E-state index in [0.717, 1.165) is 19.3 Å². The number of nitrogens with one attached hydrogen (secondary N) is 1. The molecule has 0 aliphatic heterocycles. The van der Waals surface area contributed by atoms with Crippen molar-refractivity contribution in [3.63, 3.8) is 0 Å². The quantitative estimate of drug-likeness (QED) is 0.590. The Kier molecular flexibility index (Phi) is 7.11. The highest BCUT2D eigenvalue weighted by Crippen LogP contribution is 2.30. The zero-order valence-electron chi connectivity index (χ0n) is 11.4. The largest absolute Gasteiger partial charge is 0.493 e. The van der Waals surface area contributed by atoms with E-state index in [9.17, 15) is 4.79 Å². The first-order chi connectivity index (χ1) is 9.24. The van der Waals surface area contributed by atoms with E-state index in [1.54, 1.807) is 25.3 Å². The fourth-order valence-corrected chi connectivity index (χ4v) is 1.95. The molecule has 5 heteroatoms. The summed E-state index contributed by atoms with van der Waals surface area (Å²) in [6, 6.07) is 5.25. The maximum Gasteiger partial charge on any atom is 0.255 e. The van der Waals surface area contributed by atoms with Crippen LogP contribution in [0.2, 0.25) is 0 Å². The lowest BCUT2D eigenvalue weighted by Gasteiger charge is -2.12. The van der Waals surface area contributed by atoms with Gasteiger partial charge in [-0.3, -0.25) is 4.79 Å². The van der Waals surface area contributed by atoms with Crippen LogP contribution in [0.1, 0.15) is 29.6 Å². The van der Waals surface area contributed by atoms with Gasteiger partial charge in [0.15, 0.2) is 11.5 Å². The molecule has 0 spiro atoms. The van der Waals surface area contributed by atoms with Gasteiger partial charge in [0.2, 0.25) is 0 Å². The summed E-state index contributed by atoms with van der Waals surface area (Å²) in [6.45, 7) is 0.635. The van der Waals surface area contributed by atoms with Crippen molar-refractivity contribution in [2.75, 3.05) is 26.6 Å². The first-order valence-corrected chi connectivity index (χ1v) is 6.83. The molecular formula is C14H20ClNO3. The van der Waals surface area contributed by atoms with E-state index in [2.05, 4.69) is 5.32 Å². The summed E-state index contributed by atoms with van der Waals surface area (Å²) in [5.74, 6) is 1.53. The molecule has 0 heterocycles. The fraction of sp³-hybridized carbons (Fsp3) is 0.500. The number of amides is 1. The monoisotopic (exact) mass is 285 g/mol. The van der Waals surface area contributed by atoms with Crippen LogP contribution in [0.4, 0.5) is 0 Å². The number of ether oxygens (including phenoxy) is 2. The van der Waals surface area contributed by atoms with Gasteiger partial charge in [0.25, 0.3) is 5.91 Å². The zero-order valence-corrected chi connectivity index (χ0v) is 12.1. The van der Waals surface area contributed by atoms with E-state index in [1.165, 1.54) is 7.11 Å². The Morgan fingerprint density at radius 1 is 1.21 bits per heavy atom. The maximum atomic E-state index is 12.1. The summed E-state index contributed by atoms with van der Waals surface area (Å²) < 4.78 is 10.4. The Hall–Kier alpha value is -1.42. The second-order valence-corrected chi connectivity index (χ2v) is 4.42. The molecule has 0 bridgehead atoms. The minimum absolute atomic E-state index is 0.151. The van der Waals surface area contributed by atoms with Gasteiger partial charge in [-0.2, -0.15) is 0 Å². The Morgan fingerprint density at radius 2 is 2.00 bits per heavy atom. The predicted octanol–water partition coefficient (Wildman–Crippen LogP) is 2.84. The molecule has 0 saturated heterocycles. The van der Waals surface area contributed by atoms with E-state index in [1.807, 2.05) is 0 Å². The third-order valence-corrected chi connectivity index (χ3v) is 3.01.